The van der Waals surface area contributed by atoms with E-state index in [0.717, 1.165) is 11.1 Å². The lowest BCUT2D eigenvalue weighted by atomic mass is 9.85. The Morgan fingerprint density at radius 2 is 0.833 bits per heavy atom. The Labute approximate surface area is 213 Å². The molecule has 0 atom stereocenters. The van der Waals surface area contributed by atoms with Crippen LogP contribution in [0.4, 0.5) is 11.4 Å². The van der Waals surface area contributed by atoms with Gasteiger partial charge in [0.25, 0.3) is 23.6 Å². The van der Waals surface area contributed by atoms with Gasteiger partial charge in [0, 0.05) is 23.3 Å². The molecule has 0 bridgehead atoms. The van der Waals surface area contributed by atoms with E-state index in [0.29, 0.717) is 22.5 Å². The maximum atomic E-state index is 12.0. The summed E-state index contributed by atoms with van der Waals surface area (Å²) < 4.78 is 0. The molecule has 2 aliphatic heterocycles. The summed E-state index contributed by atoms with van der Waals surface area (Å²) >= 11 is 0. The van der Waals surface area contributed by atoms with Crippen molar-refractivity contribution in [2.24, 2.45) is 0 Å². The lowest BCUT2D eigenvalue weighted by molar-refractivity contribution is -0.121. The number of hydrogen-bond acceptors (Lipinski definition) is 4. The fourth-order valence-corrected chi connectivity index (χ4v) is 4.24. The van der Waals surface area contributed by atoms with Gasteiger partial charge in [-0.15, -0.1) is 0 Å². The van der Waals surface area contributed by atoms with Crippen molar-refractivity contribution >= 4 is 35.0 Å². The van der Waals surface area contributed by atoms with E-state index in [4.69, 9.17) is 0 Å². The Morgan fingerprint density at radius 1 is 0.528 bits per heavy atom. The minimum Gasteiger partial charge on any atom is -0.269 e. The molecule has 0 radical (unpaired) electrons. The molecule has 6 heteroatoms. The summed E-state index contributed by atoms with van der Waals surface area (Å²) in [6.07, 6.45) is 2.78. The first kappa shape index (κ1) is 26.8. The van der Waals surface area contributed by atoms with Crippen LogP contribution in [0.15, 0.2) is 71.8 Å². The molecule has 0 N–H and O–H groups in total. The second-order valence-corrected chi connectivity index (χ2v) is 11.1. The van der Waals surface area contributed by atoms with Crippen molar-refractivity contribution in [1.82, 2.24) is 0 Å². The molecule has 0 fully saturated rings. The normalized spacial score (nSPS) is 16.2. The fraction of sp³-hybridized carbons (Fsp3) is 0.333. The first-order chi connectivity index (χ1) is 16.6. The number of amides is 4. The van der Waals surface area contributed by atoms with Gasteiger partial charge in [0.1, 0.15) is 0 Å². The molecule has 0 aliphatic carbocycles. The monoisotopic (exact) mass is 486 g/mol. The minimum absolute atomic E-state index is 0.117. The number of anilines is 2. The van der Waals surface area contributed by atoms with E-state index >= 15 is 0 Å². The van der Waals surface area contributed by atoms with E-state index in [1.807, 2.05) is 48.5 Å². The van der Waals surface area contributed by atoms with Crippen molar-refractivity contribution in [1.29, 1.82) is 0 Å². The molecule has 0 spiro atoms. The Kier molecular flexibility index (Phi) is 7.21. The molecule has 6 nitrogen and oxygen atoms in total. The van der Waals surface area contributed by atoms with E-state index in [9.17, 15) is 19.2 Å². The second kappa shape index (κ2) is 9.69. The Hall–Kier alpha value is -3.80. The molecular weight excluding hydrogens is 452 g/mol. The lowest BCUT2D eigenvalue weighted by Gasteiger charge is -2.26. The summed E-state index contributed by atoms with van der Waals surface area (Å²) in [4.78, 5) is 50.4. The van der Waals surface area contributed by atoms with Gasteiger partial charge in [-0.2, -0.15) is 0 Å². The van der Waals surface area contributed by atoms with Gasteiger partial charge in [-0.25, -0.2) is 9.80 Å². The van der Waals surface area contributed by atoms with Crippen LogP contribution in [0, 0.1) is 0 Å². The van der Waals surface area contributed by atoms with Gasteiger partial charge in [0.05, 0.1) is 11.4 Å². The zero-order valence-corrected chi connectivity index (χ0v) is 22.3. The largest absolute Gasteiger partial charge is 0.269 e. The lowest BCUT2D eigenvalue weighted by Crippen LogP contribution is -2.33. The minimum atomic E-state index is -0.255. The number of rotatable bonds is 2. The molecule has 2 heterocycles. The van der Waals surface area contributed by atoms with Gasteiger partial charge >= 0.3 is 0 Å². The van der Waals surface area contributed by atoms with E-state index in [1.165, 1.54) is 22.0 Å². The predicted molar refractivity (Wildman–Crippen MR) is 143 cm³/mol. The van der Waals surface area contributed by atoms with Gasteiger partial charge in [0.15, 0.2) is 0 Å². The highest BCUT2D eigenvalue weighted by Gasteiger charge is 2.34. The molecule has 2 aromatic rings. The Bertz CT molecular complexity index is 1200. The standard InChI is InChI=1S/2C15H17NO2/c2*1-10-9-13(17)16(14(10)18)12-8-6-5-7-11(12)15(2,3)4/h2*5-9H,1-4H3. The van der Waals surface area contributed by atoms with Gasteiger partial charge < -0.3 is 0 Å². The van der Waals surface area contributed by atoms with Gasteiger partial charge in [-0.3, -0.25) is 19.2 Å². The van der Waals surface area contributed by atoms with Crippen LogP contribution in [0.3, 0.4) is 0 Å². The number of hydrogen-bond donors (Lipinski definition) is 0. The molecule has 36 heavy (non-hydrogen) atoms. The van der Waals surface area contributed by atoms with Crippen molar-refractivity contribution in [2.45, 2.75) is 66.2 Å². The number of nitrogens with zero attached hydrogens (tertiary/aromatic N) is 2. The maximum Gasteiger partial charge on any atom is 0.261 e. The molecule has 0 aromatic heterocycles. The third-order valence-corrected chi connectivity index (χ3v) is 6.11. The maximum absolute atomic E-state index is 12.0. The van der Waals surface area contributed by atoms with E-state index in [2.05, 4.69) is 41.5 Å². The predicted octanol–water partition coefficient (Wildman–Crippen LogP) is 5.61. The third kappa shape index (κ3) is 5.23. The first-order valence-corrected chi connectivity index (χ1v) is 12.0. The Balaban J connectivity index is 0.000000201. The van der Waals surface area contributed by atoms with Crippen molar-refractivity contribution in [2.75, 3.05) is 9.80 Å². The summed E-state index contributed by atoms with van der Waals surface area (Å²) in [5.74, 6) is -0.961. The van der Waals surface area contributed by atoms with Crippen LogP contribution in [0.1, 0.15) is 66.5 Å². The van der Waals surface area contributed by atoms with Crippen LogP contribution in [0.5, 0.6) is 0 Å². The highest BCUT2D eigenvalue weighted by atomic mass is 16.2. The van der Waals surface area contributed by atoms with Crippen LogP contribution in [-0.2, 0) is 30.0 Å². The number of carbonyl (C=O) groups is 4. The summed E-state index contributed by atoms with van der Waals surface area (Å²) in [6, 6.07) is 15.1. The highest BCUT2D eigenvalue weighted by molar-refractivity contribution is 6.31. The topological polar surface area (TPSA) is 74.8 Å². The molecule has 188 valence electrons. The molecule has 0 saturated carbocycles. The summed E-state index contributed by atoms with van der Waals surface area (Å²) in [6.45, 7) is 15.7. The first-order valence-electron chi connectivity index (χ1n) is 12.0. The van der Waals surface area contributed by atoms with E-state index in [1.54, 1.807) is 13.8 Å². The van der Waals surface area contributed by atoms with Crippen LogP contribution in [0.2, 0.25) is 0 Å². The van der Waals surface area contributed by atoms with Crippen LogP contribution in [-0.4, -0.2) is 23.6 Å². The SMILES string of the molecule is CC1=CC(=O)N(c2ccccc2C(C)(C)C)C1=O.CC1=CC(=O)N(c2ccccc2C(C)(C)C)C1=O. The zero-order chi connectivity index (χ0) is 27.0. The van der Waals surface area contributed by atoms with Crippen LogP contribution in [0.25, 0.3) is 0 Å². The van der Waals surface area contributed by atoms with Crippen molar-refractivity contribution < 1.29 is 19.2 Å². The number of para-hydroxylation sites is 2. The molecule has 4 rings (SSSR count). The highest BCUT2D eigenvalue weighted by Crippen LogP contribution is 2.35. The van der Waals surface area contributed by atoms with Gasteiger partial charge in [0.2, 0.25) is 0 Å². The molecule has 0 saturated heterocycles. The number of benzene rings is 2. The molecular formula is C30H34N2O4. The smallest absolute Gasteiger partial charge is 0.261 e. The molecule has 4 amide bonds. The van der Waals surface area contributed by atoms with Crippen molar-refractivity contribution in [3.63, 3.8) is 0 Å². The number of imide groups is 2. The van der Waals surface area contributed by atoms with Gasteiger partial charge in [-0.05, 0) is 47.9 Å². The molecule has 2 aliphatic rings. The zero-order valence-electron chi connectivity index (χ0n) is 22.3. The third-order valence-electron chi connectivity index (χ3n) is 6.11. The Morgan fingerprint density at radius 3 is 1.08 bits per heavy atom. The summed E-state index contributed by atoms with van der Waals surface area (Å²) in [5, 5.41) is 0. The van der Waals surface area contributed by atoms with Gasteiger partial charge in [-0.1, -0.05) is 77.9 Å². The van der Waals surface area contributed by atoms with E-state index in [-0.39, 0.29) is 34.5 Å². The van der Waals surface area contributed by atoms with Crippen molar-refractivity contribution in [3.05, 3.63) is 83.0 Å². The summed E-state index contributed by atoms with van der Waals surface area (Å²) in [5.41, 5.74) is 4.11. The van der Waals surface area contributed by atoms with Crippen molar-refractivity contribution in [3.8, 4) is 0 Å². The number of carbonyl (C=O) groups excluding carboxylic acids is 4. The average Bonchev–Trinajstić information content (AvgIpc) is 3.19. The summed E-state index contributed by atoms with van der Waals surface area (Å²) in [7, 11) is 0. The van der Waals surface area contributed by atoms with Crippen LogP contribution < -0.4 is 9.80 Å². The quantitative estimate of drug-likeness (QED) is 0.518. The van der Waals surface area contributed by atoms with E-state index < -0.39 is 0 Å². The van der Waals surface area contributed by atoms with Crippen LogP contribution >= 0.6 is 0 Å². The molecule has 2 aromatic carbocycles. The fourth-order valence-electron chi connectivity index (χ4n) is 4.24. The average molecular weight is 487 g/mol. The second-order valence-electron chi connectivity index (χ2n) is 11.1. The molecule has 0 unspecified atom stereocenters.